The number of rotatable bonds is 5. The number of anilines is 1. The fourth-order valence-electron chi connectivity index (χ4n) is 2.19. The van der Waals surface area contributed by atoms with Crippen LogP contribution in [0.3, 0.4) is 0 Å². The van der Waals surface area contributed by atoms with Crippen LogP contribution in [0.5, 0.6) is 0 Å². The van der Waals surface area contributed by atoms with Crippen molar-refractivity contribution < 1.29 is 22.8 Å². The molecule has 1 aromatic heterocycles. The van der Waals surface area contributed by atoms with Gasteiger partial charge in [-0.3, -0.25) is 0 Å². The molecular weight excluding hydrogens is 368 g/mol. The van der Waals surface area contributed by atoms with Crippen molar-refractivity contribution in [2.24, 2.45) is 0 Å². The van der Waals surface area contributed by atoms with Gasteiger partial charge in [-0.1, -0.05) is 22.8 Å². The molecule has 0 fully saturated rings. The van der Waals surface area contributed by atoms with Crippen molar-refractivity contribution in [1.82, 2.24) is 10.1 Å². The van der Waals surface area contributed by atoms with Crippen molar-refractivity contribution >= 4 is 23.3 Å². The summed E-state index contributed by atoms with van der Waals surface area (Å²) in [7, 11) is 1.11. The Balaban J connectivity index is 1.76. The van der Waals surface area contributed by atoms with E-state index < -0.39 is 17.6 Å². The van der Waals surface area contributed by atoms with Crippen molar-refractivity contribution in [2.45, 2.75) is 6.54 Å². The van der Waals surface area contributed by atoms with Gasteiger partial charge >= 0.3 is 5.97 Å². The zero-order chi connectivity index (χ0) is 18.7. The molecule has 0 spiro atoms. The Morgan fingerprint density at radius 3 is 2.81 bits per heavy atom. The molecule has 2 aromatic carbocycles. The number of esters is 1. The van der Waals surface area contributed by atoms with Gasteiger partial charge in [0.25, 0.3) is 5.89 Å². The van der Waals surface area contributed by atoms with E-state index >= 15 is 0 Å². The van der Waals surface area contributed by atoms with E-state index in [2.05, 4.69) is 20.2 Å². The Kier molecular flexibility index (Phi) is 5.13. The highest BCUT2D eigenvalue weighted by Crippen LogP contribution is 2.23. The van der Waals surface area contributed by atoms with Crippen LogP contribution in [0.25, 0.3) is 11.5 Å². The van der Waals surface area contributed by atoms with Crippen molar-refractivity contribution in [3.63, 3.8) is 0 Å². The summed E-state index contributed by atoms with van der Waals surface area (Å²) in [6.45, 7) is -0.00672. The molecule has 0 unspecified atom stereocenters. The number of nitrogens with one attached hydrogen (secondary N) is 1. The van der Waals surface area contributed by atoms with Crippen LogP contribution in [-0.2, 0) is 11.3 Å². The van der Waals surface area contributed by atoms with E-state index in [9.17, 15) is 13.6 Å². The Morgan fingerprint density at radius 2 is 2.08 bits per heavy atom. The molecule has 134 valence electrons. The number of aromatic nitrogens is 2. The maximum Gasteiger partial charge on any atom is 0.340 e. The molecule has 0 amide bonds. The number of halogens is 3. The van der Waals surface area contributed by atoms with Gasteiger partial charge in [-0.05, 0) is 24.3 Å². The van der Waals surface area contributed by atoms with Crippen molar-refractivity contribution in [3.05, 3.63) is 64.4 Å². The Morgan fingerprint density at radius 1 is 1.27 bits per heavy atom. The summed E-state index contributed by atoms with van der Waals surface area (Å²) < 4.78 is 37.1. The lowest BCUT2D eigenvalue weighted by Crippen LogP contribution is -2.09. The molecule has 0 atom stereocenters. The lowest BCUT2D eigenvalue weighted by atomic mass is 10.1. The van der Waals surface area contributed by atoms with Gasteiger partial charge in [0.1, 0.15) is 11.6 Å². The number of carbonyl (C=O) groups excluding carboxylic acids is 1. The van der Waals surface area contributed by atoms with Gasteiger partial charge < -0.3 is 14.6 Å². The first-order chi connectivity index (χ1) is 12.5. The SMILES string of the molecule is COC(=O)c1cc(NCc2noc(-c3cccc(Cl)c3)n2)c(F)cc1F. The van der Waals surface area contributed by atoms with E-state index in [4.69, 9.17) is 16.1 Å². The third-order valence-corrected chi connectivity index (χ3v) is 3.67. The average molecular weight is 380 g/mol. The largest absolute Gasteiger partial charge is 0.465 e. The minimum atomic E-state index is -1.01. The topological polar surface area (TPSA) is 77.2 Å². The lowest BCUT2D eigenvalue weighted by Gasteiger charge is -2.08. The van der Waals surface area contributed by atoms with Crippen LogP contribution in [0.4, 0.5) is 14.5 Å². The lowest BCUT2D eigenvalue weighted by molar-refractivity contribution is 0.0595. The van der Waals surface area contributed by atoms with Crippen LogP contribution in [0, 0.1) is 11.6 Å². The molecule has 0 aliphatic carbocycles. The predicted molar refractivity (Wildman–Crippen MR) is 89.8 cm³/mol. The first-order valence-corrected chi connectivity index (χ1v) is 7.75. The minimum absolute atomic E-state index is 0.00672. The van der Waals surface area contributed by atoms with Gasteiger partial charge in [-0.15, -0.1) is 0 Å². The summed E-state index contributed by atoms with van der Waals surface area (Å²) in [5.74, 6) is -2.30. The number of nitrogens with zero attached hydrogens (tertiary/aromatic N) is 2. The summed E-state index contributed by atoms with van der Waals surface area (Å²) in [5, 5.41) is 6.99. The van der Waals surface area contributed by atoms with E-state index in [0.717, 1.165) is 13.2 Å². The highest BCUT2D eigenvalue weighted by atomic mass is 35.5. The van der Waals surface area contributed by atoms with E-state index in [1.165, 1.54) is 0 Å². The molecule has 1 N–H and O–H groups in total. The third-order valence-electron chi connectivity index (χ3n) is 3.44. The standard InChI is InChI=1S/C17H12ClF2N3O3/c1-25-17(24)11-6-14(13(20)7-12(11)19)21-8-15-22-16(26-23-15)9-3-2-4-10(18)5-9/h2-7,21H,8H2,1H3. The van der Waals surface area contributed by atoms with Crippen LogP contribution >= 0.6 is 11.6 Å². The van der Waals surface area contributed by atoms with E-state index in [1.807, 2.05) is 0 Å². The second-order valence-electron chi connectivity index (χ2n) is 5.18. The van der Waals surface area contributed by atoms with Gasteiger partial charge in [0, 0.05) is 16.7 Å². The number of methoxy groups -OCH3 is 1. The molecule has 0 aliphatic rings. The zero-order valence-corrected chi connectivity index (χ0v) is 14.2. The Hall–Kier alpha value is -3.00. The molecule has 0 saturated heterocycles. The Labute approximate surface area is 151 Å². The van der Waals surface area contributed by atoms with E-state index in [0.29, 0.717) is 16.7 Å². The van der Waals surface area contributed by atoms with Gasteiger partial charge in [0.15, 0.2) is 5.82 Å². The molecule has 3 aromatic rings. The third kappa shape index (κ3) is 3.80. The van der Waals surface area contributed by atoms with Crippen LogP contribution in [0.1, 0.15) is 16.2 Å². The summed E-state index contributed by atoms with van der Waals surface area (Å²) in [6, 6.07) is 8.48. The molecule has 26 heavy (non-hydrogen) atoms. The first kappa shape index (κ1) is 17.8. The van der Waals surface area contributed by atoms with Gasteiger partial charge in [-0.25, -0.2) is 13.6 Å². The quantitative estimate of drug-likeness (QED) is 0.673. The van der Waals surface area contributed by atoms with Gasteiger partial charge in [-0.2, -0.15) is 4.98 Å². The number of hydrogen-bond donors (Lipinski definition) is 1. The fourth-order valence-corrected chi connectivity index (χ4v) is 2.38. The normalized spacial score (nSPS) is 10.6. The summed E-state index contributed by atoms with van der Waals surface area (Å²) in [5.41, 5.74) is 0.155. The molecule has 1 heterocycles. The summed E-state index contributed by atoms with van der Waals surface area (Å²) in [4.78, 5) is 15.7. The monoisotopic (exact) mass is 379 g/mol. The van der Waals surface area contributed by atoms with Crippen LogP contribution in [-0.4, -0.2) is 23.2 Å². The van der Waals surface area contributed by atoms with E-state index in [1.54, 1.807) is 24.3 Å². The highest BCUT2D eigenvalue weighted by molar-refractivity contribution is 6.30. The summed E-state index contributed by atoms with van der Waals surface area (Å²) >= 11 is 5.91. The molecule has 0 radical (unpaired) electrons. The number of ether oxygens (including phenoxy) is 1. The number of benzene rings is 2. The molecule has 6 nitrogen and oxygen atoms in total. The maximum absolute atomic E-state index is 13.9. The average Bonchev–Trinajstić information content (AvgIpc) is 3.09. The first-order valence-electron chi connectivity index (χ1n) is 7.37. The molecule has 3 rings (SSSR count). The highest BCUT2D eigenvalue weighted by Gasteiger charge is 2.17. The summed E-state index contributed by atoms with van der Waals surface area (Å²) in [6.07, 6.45) is 0. The molecule has 0 saturated carbocycles. The maximum atomic E-state index is 13.9. The van der Waals surface area contributed by atoms with Crippen molar-refractivity contribution in [1.29, 1.82) is 0 Å². The number of hydrogen-bond acceptors (Lipinski definition) is 6. The second-order valence-corrected chi connectivity index (χ2v) is 5.62. The number of carbonyl (C=O) groups is 1. The van der Waals surface area contributed by atoms with Gasteiger partial charge in [0.05, 0.1) is 24.9 Å². The second kappa shape index (κ2) is 7.49. The van der Waals surface area contributed by atoms with Gasteiger partial charge in [0.2, 0.25) is 0 Å². The zero-order valence-electron chi connectivity index (χ0n) is 13.4. The minimum Gasteiger partial charge on any atom is -0.465 e. The molecular formula is C17H12ClF2N3O3. The smallest absolute Gasteiger partial charge is 0.340 e. The van der Waals surface area contributed by atoms with Crippen LogP contribution in [0.2, 0.25) is 5.02 Å². The molecule has 9 heteroatoms. The van der Waals surface area contributed by atoms with E-state index in [-0.39, 0.29) is 29.5 Å². The molecule has 0 bridgehead atoms. The van der Waals surface area contributed by atoms with Crippen molar-refractivity contribution in [3.8, 4) is 11.5 Å². The van der Waals surface area contributed by atoms with Crippen LogP contribution in [0.15, 0.2) is 40.9 Å². The molecule has 0 aliphatic heterocycles. The predicted octanol–water partition coefficient (Wildman–Crippen LogP) is 4.07. The van der Waals surface area contributed by atoms with Crippen LogP contribution < -0.4 is 5.32 Å². The fraction of sp³-hybridized carbons (Fsp3) is 0.118. The van der Waals surface area contributed by atoms with Crippen molar-refractivity contribution in [2.75, 3.05) is 12.4 Å². The Bertz CT molecular complexity index is 962.